The SMILES string of the molecule is CN=C(NCCn1ccnc1C)N(C)CC1CCOC1.I. The summed E-state index contributed by atoms with van der Waals surface area (Å²) in [6.07, 6.45) is 4.98. The lowest BCUT2D eigenvalue weighted by molar-refractivity contribution is 0.181. The predicted octanol–water partition coefficient (Wildman–Crippen LogP) is 1.35. The number of nitrogens with one attached hydrogen (secondary N) is 1. The molecule has 1 N–H and O–H groups in total. The Hall–Kier alpha value is -0.830. The van der Waals surface area contributed by atoms with Gasteiger partial charge in [-0.3, -0.25) is 4.99 Å². The number of halogens is 1. The van der Waals surface area contributed by atoms with E-state index in [2.05, 4.69) is 31.8 Å². The van der Waals surface area contributed by atoms with E-state index >= 15 is 0 Å². The first-order valence-corrected chi connectivity index (χ1v) is 7.18. The van der Waals surface area contributed by atoms with E-state index in [9.17, 15) is 0 Å². The molecule has 7 heteroatoms. The van der Waals surface area contributed by atoms with Crippen molar-refractivity contribution in [2.24, 2.45) is 10.9 Å². The zero-order chi connectivity index (χ0) is 14.4. The number of imidazole rings is 1. The van der Waals surface area contributed by atoms with Gasteiger partial charge in [0.25, 0.3) is 0 Å². The van der Waals surface area contributed by atoms with Gasteiger partial charge >= 0.3 is 0 Å². The van der Waals surface area contributed by atoms with Crippen LogP contribution >= 0.6 is 24.0 Å². The topological polar surface area (TPSA) is 54.7 Å². The second-order valence-corrected chi connectivity index (χ2v) is 5.25. The van der Waals surface area contributed by atoms with E-state index in [1.807, 2.05) is 26.4 Å². The second-order valence-electron chi connectivity index (χ2n) is 5.25. The summed E-state index contributed by atoms with van der Waals surface area (Å²) < 4.78 is 7.55. The summed E-state index contributed by atoms with van der Waals surface area (Å²) in [6.45, 7) is 6.51. The average molecular weight is 407 g/mol. The van der Waals surface area contributed by atoms with Crippen LogP contribution in [-0.4, -0.2) is 60.8 Å². The van der Waals surface area contributed by atoms with Crippen molar-refractivity contribution >= 4 is 29.9 Å². The fraction of sp³-hybridized carbons (Fsp3) is 0.714. The van der Waals surface area contributed by atoms with Gasteiger partial charge in [-0.2, -0.15) is 0 Å². The van der Waals surface area contributed by atoms with Crippen LogP contribution in [0.2, 0.25) is 0 Å². The minimum Gasteiger partial charge on any atom is -0.381 e. The Morgan fingerprint density at radius 3 is 3.00 bits per heavy atom. The molecule has 2 heterocycles. The van der Waals surface area contributed by atoms with Gasteiger partial charge in [0.05, 0.1) is 6.61 Å². The van der Waals surface area contributed by atoms with Crippen molar-refractivity contribution in [3.8, 4) is 0 Å². The van der Waals surface area contributed by atoms with Gasteiger partial charge in [0, 0.05) is 58.6 Å². The highest BCUT2D eigenvalue weighted by Gasteiger charge is 2.18. The third-order valence-electron chi connectivity index (χ3n) is 3.69. The number of aryl methyl sites for hydroxylation is 1. The van der Waals surface area contributed by atoms with Crippen molar-refractivity contribution in [2.75, 3.05) is 40.4 Å². The van der Waals surface area contributed by atoms with E-state index in [-0.39, 0.29) is 24.0 Å². The molecule has 0 saturated carbocycles. The zero-order valence-corrected chi connectivity index (χ0v) is 15.4. The first-order valence-electron chi connectivity index (χ1n) is 7.18. The smallest absolute Gasteiger partial charge is 0.193 e. The molecule has 0 aliphatic carbocycles. The normalized spacial score (nSPS) is 18.4. The minimum atomic E-state index is 0. The molecule has 0 aromatic carbocycles. The molecular weight excluding hydrogens is 381 g/mol. The predicted molar refractivity (Wildman–Crippen MR) is 95.3 cm³/mol. The molecule has 1 aromatic heterocycles. The van der Waals surface area contributed by atoms with E-state index in [0.29, 0.717) is 5.92 Å². The summed E-state index contributed by atoms with van der Waals surface area (Å²) in [7, 11) is 3.91. The summed E-state index contributed by atoms with van der Waals surface area (Å²) in [5, 5.41) is 3.40. The van der Waals surface area contributed by atoms with Crippen LogP contribution in [0, 0.1) is 12.8 Å². The van der Waals surface area contributed by atoms with Crippen molar-refractivity contribution < 1.29 is 4.74 Å². The van der Waals surface area contributed by atoms with E-state index in [4.69, 9.17) is 4.74 Å². The number of hydrogen-bond acceptors (Lipinski definition) is 3. The summed E-state index contributed by atoms with van der Waals surface area (Å²) in [4.78, 5) is 10.7. The third kappa shape index (κ3) is 5.46. The average Bonchev–Trinajstić information content (AvgIpc) is 3.07. The maximum absolute atomic E-state index is 5.42. The number of rotatable bonds is 5. The molecule has 21 heavy (non-hydrogen) atoms. The standard InChI is InChI=1S/C14H25N5O.HI/c1-12-16-5-7-19(12)8-6-17-14(15-2)18(3)10-13-4-9-20-11-13;/h5,7,13H,4,6,8-11H2,1-3H3,(H,15,17);1H. The van der Waals surface area contributed by atoms with Crippen LogP contribution in [0.5, 0.6) is 0 Å². The molecule has 120 valence electrons. The highest BCUT2D eigenvalue weighted by Crippen LogP contribution is 2.13. The van der Waals surface area contributed by atoms with E-state index < -0.39 is 0 Å². The van der Waals surface area contributed by atoms with Crippen LogP contribution in [-0.2, 0) is 11.3 Å². The Balaban J connectivity index is 0.00000220. The maximum atomic E-state index is 5.42. The maximum Gasteiger partial charge on any atom is 0.193 e. The fourth-order valence-electron chi connectivity index (χ4n) is 2.51. The van der Waals surface area contributed by atoms with Gasteiger partial charge < -0.3 is 19.5 Å². The molecule has 1 atom stereocenters. The largest absolute Gasteiger partial charge is 0.381 e. The minimum absolute atomic E-state index is 0. The second kappa shape index (κ2) is 9.24. The van der Waals surface area contributed by atoms with Crippen molar-refractivity contribution in [3.63, 3.8) is 0 Å². The molecule has 0 amide bonds. The lowest BCUT2D eigenvalue weighted by Gasteiger charge is -2.24. The van der Waals surface area contributed by atoms with Gasteiger partial charge in [-0.1, -0.05) is 0 Å². The lowest BCUT2D eigenvalue weighted by atomic mass is 10.1. The van der Waals surface area contributed by atoms with E-state index in [1.54, 1.807) is 0 Å². The summed E-state index contributed by atoms with van der Waals surface area (Å²) in [5.41, 5.74) is 0. The number of nitrogens with zero attached hydrogens (tertiary/aromatic N) is 4. The first kappa shape index (κ1) is 18.2. The third-order valence-corrected chi connectivity index (χ3v) is 3.69. The van der Waals surface area contributed by atoms with Crippen LogP contribution in [0.15, 0.2) is 17.4 Å². The van der Waals surface area contributed by atoms with Crippen LogP contribution in [0.4, 0.5) is 0 Å². The van der Waals surface area contributed by atoms with Gasteiger partial charge in [0.2, 0.25) is 0 Å². The fourth-order valence-corrected chi connectivity index (χ4v) is 2.51. The van der Waals surface area contributed by atoms with Gasteiger partial charge in [-0.15, -0.1) is 24.0 Å². The number of aromatic nitrogens is 2. The number of hydrogen-bond donors (Lipinski definition) is 1. The van der Waals surface area contributed by atoms with Crippen molar-refractivity contribution in [1.29, 1.82) is 0 Å². The summed E-state index contributed by atoms with van der Waals surface area (Å²) in [5.74, 6) is 2.60. The molecule has 2 rings (SSSR count). The molecule has 0 bridgehead atoms. The Morgan fingerprint density at radius 1 is 1.62 bits per heavy atom. The summed E-state index contributed by atoms with van der Waals surface area (Å²) in [6, 6.07) is 0. The number of ether oxygens (including phenoxy) is 1. The van der Waals surface area contributed by atoms with Gasteiger partial charge in [0.1, 0.15) is 5.82 Å². The van der Waals surface area contributed by atoms with Gasteiger partial charge in [-0.05, 0) is 13.3 Å². The lowest BCUT2D eigenvalue weighted by Crippen LogP contribution is -2.42. The Labute approximate surface area is 144 Å². The first-order chi connectivity index (χ1) is 9.70. The van der Waals surface area contributed by atoms with Crippen molar-refractivity contribution in [3.05, 3.63) is 18.2 Å². The Bertz CT molecular complexity index is 442. The van der Waals surface area contributed by atoms with E-state index in [1.165, 1.54) is 0 Å². The molecule has 1 aromatic rings. The molecule has 1 fully saturated rings. The monoisotopic (exact) mass is 407 g/mol. The molecule has 1 aliphatic heterocycles. The number of aliphatic imine (C=N–C) groups is 1. The zero-order valence-electron chi connectivity index (χ0n) is 13.1. The Kier molecular flexibility index (Phi) is 8.02. The molecule has 1 saturated heterocycles. The van der Waals surface area contributed by atoms with Gasteiger partial charge in [0.15, 0.2) is 5.96 Å². The van der Waals surface area contributed by atoms with Gasteiger partial charge in [-0.25, -0.2) is 4.98 Å². The highest BCUT2D eigenvalue weighted by molar-refractivity contribution is 14.0. The molecule has 0 spiro atoms. The molecule has 1 unspecified atom stereocenters. The molecular formula is C14H26IN5O. The Morgan fingerprint density at radius 2 is 2.43 bits per heavy atom. The molecule has 1 aliphatic rings. The van der Waals surface area contributed by atoms with Crippen molar-refractivity contribution in [1.82, 2.24) is 19.8 Å². The quantitative estimate of drug-likeness (QED) is 0.455. The molecule has 6 nitrogen and oxygen atoms in total. The highest BCUT2D eigenvalue weighted by atomic mass is 127. The van der Waals surface area contributed by atoms with Crippen LogP contribution < -0.4 is 5.32 Å². The van der Waals surface area contributed by atoms with Crippen LogP contribution in [0.1, 0.15) is 12.2 Å². The summed E-state index contributed by atoms with van der Waals surface area (Å²) >= 11 is 0. The van der Waals surface area contributed by atoms with Crippen LogP contribution in [0.25, 0.3) is 0 Å². The van der Waals surface area contributed by atoms with E-state index in [0.717, 1.165) is 51.1 Å². The van der Waals surface area contributed by atoms with Crippen LogP contribution in [0.3, 0.4) is 0 Å². The molecule has 0 radical (unpaired) electrons. The number of guanidine groups is 1. The van der Waals surface area contributed by atoms with Crippen molar-refractivity contribution in [2.45, 2.75) is 19.9 Å².